The van der Waals surface area contributed by atoms with E-state index in [1.807, 2.05) is 12.1 Å². The predicted molar refractivity (Wildman–Crippen MR) is 246 cm³/mol. The number of amides is 2. The Balaban J connectivity index is 1.17. The van der Waals surface area contributed by atoms with Gasteiger partial charge in [0.15, 0.2) is 40.6 Å². The van der Waals surface area contributed by atoms with E-state index >= 15 is 8.78 Å². The van der Waals surface area contributed by atoms with Gasteiger partial charge in [0.25, 0.3) is 11.5 Å². The highest BCUT2D eigenvalue weighted by molar-refractivity contribution is 8.09. The van der Waals surface area contributed by atoms with E-state index in [0.29, 0.717) is 5.56 Å². The number of alkyl halides is 1. The molecule has 22 nitrogen and oxygen atoms in total. The Labute approximate surface area is 401 Å². The van der Waals surface area contributed by atoms with Crippen molar-refractivity contribution in [1.82, 2.24) is 34.1 Å². The summed E-state index contributed by atoms with van der Waals surface area (Å²) in [5.74, 6) is -0.102. The Morgan fingerprint density at radius 2 is 1.83 bits per heavy atom. The molecule has 3 fully saturated rings. The molecule has 8 rings (SSSR count). The number of terminal acetylenes is 1. The smallest absolute Gasteiger partial charge is 0.327 e. The van der Waals surface area contributed by atoms with Crippen LogP contribution in [0, 0.1) is 46.7 Å². The third kappa shape index (κ3) is 10.5. The molecule has 0 spiro atoms. The lowest BCUT2D eigenvalue weighted by Gasteiger charge is -2.35. The quantitative estimate of drug-likeness (QED) is 0.0818. The second-order valence-electron chi connectivity index (χ2n) is 15.8. The molecule has 2 unspecified atom stereocenters. The fourth-order valence-corrected chi connectivity index (χ4v) is 11.8. The highest BCUT2D eigenvalue weighted by Crippen LogP contribution is 2.59. The van der Waals surface area contributed by atoms with Crippen molar-refractivity contribution in [1.29, 1.82) is 10.5 Å². The molecule has 0 aliphatic carbocycles. The lowest BCUT2D eigenvalue weighted by atomic mass is 9.99. The first-order chi connectivity index (χ1) is 33.1. The number of halogens is 2. The minimum absolute atomic E-state index is 0.00968. The Kier molecular flexibility index (Phi) is 15.1. The normalized spacial score (nSPS) is 28.3. The van der Waals surface area contributed by atoms with Crippen molar-refractivity contribution in [3.8, 4) is 24.5 Å². The van der Waals surface area contributed by atoms with Crippen LogP contribution in [-0.4, -0.2) is 109 Å². The van der Waals surface area contributed by atoms with Gasteiger partial charge >= 0.3 is 6.72 Å². The van der Waals surface area contributed by atoms with Gasteiger partial charge < -0.3 is 42.2 Å². The molecule has 7 heterocycles. The zero-order chi connectivity index (χ0) is 49.1. The van der Waals surface area contributed by atoms with Gasteiger partial charge in [-0.15, -0.1) is 6.42 Å². The highest BCUT2D eigenvalue weighted by atomic mass is 32.5. The van der Waals surface area contributed by atoms with E-state index in [1.165, 1.54) is 9.13 Å². The monoisotopic (exact) mass is 1030 g/mol. The Hall–Kier alpha value is -5.49. The maximum Gasteiger partial charge on any atom is 0.327 e. The lowest BCUT2D eigenvalue weighted by molar-refractivity contribution is -0.118. The number of imidazole rings is 1. The van der Waals surface area contributed by atoms with Crippen molar-refractivity contribution < 1.29 is 55.2 Å². The Morgan fingerprint density at radius 3 is 2.55 bits per heavy atom. The predicted octanol–water partition coefficient (Wildman–Crippen LogP) is 5.25. The van der Waals surface area contributed by atoms with Crippen LogP contribution in [0.1, 0.15) is 55.9 Å². The fourth-order valence-electron chi connectivity index (χ4n) is 7.48. The lowest BCUT2D eigenvalue weighted by Crippen LogP contribution is -2.44. The fraction of sp³-hybridized carbons (Fsp3) is 0.439. The highest BCUT2D eigenvalue weighted by Gasteiger charge is 2.55. The van der Waals surface area contributed by atoms with Crippen molar-refractivity contribution in [2.75, 3.05) is 43.4 Å². The zero-order valence-corrected chi connectivity index (χ0v) is 39.9. The molecule has 3 saturated heterocycles. The summed E-state index contributed by atoms with van der Waals surface area (Å²) < 4.78 is 85.6. The third-order valence-electron chi connectivity index (χ3n) is 10.9. The molecule has 362 valence electrons. The van der Waals surface area contributed by atoms with Gasteiger partial charge in [-0.25, -0.2) is 23.7 Å². The first kappa shape index (κ1) is 49.9. The minimum Gasteiger partial charge on any atom is -0.369 e. The van der Waals surface area contributed by atoms with Crippen LogP contribution in [0.2, 0.25) is 0 Å². The number of ether oxygens (including phenoxy) is 3. The van der Waals surface area contributed by atoms with Crippen LogP contribution in [0.4, 0.5) is 20.5 Å². The summed E-state index contributed by atoms with van der Waals surface area (Å²) in [6.45, 7) is -6.47. The number of rotatable bonds is 12. The summed E-state index contributed by atoms with van der Waals surface area (Å²) in [5, 5.41) is 23.8. The van der Waals surface area contributed by atoms with Gasteiger partial charge in [0.1, 0.15) is 43.0 Å². The number of nitrogens with zero attached hydrogens (tertiary/aromatic N) is 8. The van der Waals surface area contributed by atoms with Crippen molar-refractivity contribution in [2.24, 2.45) is 5.92 Å². The molecular weight excluding hydrogens is 987 g/mol. The number of hydrogen-bond donors (Lipinski definition) is 3. The average molecular weight is 1030 g/mol. The SMILES string of the molecule is C#C[C@@]12COP(=S)(OCCC#N)O[C@@H]3[C@H](F)[C@@H](COCP(=S)(OCCC#N)O[C@H]1C[C@H](n1cc(F)c4c(NC(=O)c5ccccc5)ncnc41)O2)O[C@H]3n1cnc2c(=O)[nH]c(NC(=O)C(C)C)nc21. The van der Waals surface area contributed by atoms with Crippen molar-refractivity contribution in [3.05, 3.63) is 70.9 Å². The van der Waals surface area contributed by atoms with Crippen LogP contribution in [-0.2, 0) is 65.2 Å². The summed E-state index contributed by atoms with van der Waals surface area (Å²) in [6, 6.07) is 12.1. The van der Waals surface area contributed by atoms with Gasteiger partial charge in [-0.2, -0.15) is 15.5 Å². The van der Waals surface area contributed by atoms with E-state index in [2.05, 4.69) is 41.5 Å². The molecule has 3 aliphatic heterocycles. The van der Waals surface area contributed by atoms with E-state index in [4.69, 9.17) is 66.9 Å². The average Bonchev–Trinajstić information content (AvgIpc) is 4.08. The van der Waals surface area contributed by atoms with Gasteiger partial charge in [-0.3, -0.25) is 33.8 Å². The largest absolute Gasteiger partial charge is 0.369 e. The maximum absolute atomic E-state index is 17.0. The zero-order valence-electron chi connectivity index (χ0n) is 36.4. The Bertz CT molecular complexity index is 3050. The number of anilines is 2. The van der Waals surface area contributed by atoms with Crippen LogP contribution in [0.3, 0.4) is 0 Å². The van der Waals surface area contributed by atoms with Gasteiger partial charge in [-0.05, 0) is 35.7 Å². The van der Waals surface area contributed by atoms with Crippen molar-refractivity contribution in [3.63, 3.8) is 0 Å². The van der Waals surface area contributed by atoms with Gasteiger partial charge in [0.05, 0.1) is 63.1 Å². The number of carbonyl (C=O) groups is 2. The Morgan fingerprint density at radius 1 is 1.07 bits per heavy atom. The summed E-state index contributed by atoms with van der Waals surface area (Å²) in [6.07, 6.45) is -0.496. The molecule has 4 aromatic heterocycles. The number of aromatic amines is 1. The van der Waals surface area contributed by atoms with E-state index in [9.17, 15) is 24.9 Å². The van der Waals surface area contributed by atoms with Crippen LogP contribution in [0.15, 0.2) is 54.0 Å². The number of nitriles is 2. The van der Waals surface area contributed by atoms with Gasteiger partial charge in [-0.1, -0.05) is 38.0 Å². The molecule has 28 heteroatoms. The van der Waals surface area contributed by atoms with Crippen LogP contribution < -0.4 is 16.2 Å². The van der Waals surface area contributed by atoms with Crippen LogP contribution in [0.5, 0.6) is 0 Å². The van der Waals surface area contributed by atoms with E-state index in [0.717, 1.165) is 18.9 Å². The number of fused-ring (bicyclic) bond motifs is 5. The molecule has 0 radical (unpaired) electrons. The topological polar surface area (TPSA) is 274 Å². The van der Waals surface area contributed by atoms with Crippen LogP contribution in [0.25, 0.3) is 22.2 Å². The molecule has 2 amide bonds. The minimum atomic E-state index is -4.28. The van der Waals surface area contributed by atoms with Crippen molar-refractivity contribution in [2.45, 2.75) is 75.7 Å². The molecule has 5 aromatic rings. The van der Waals surface area contributed by atoms with E-state index < -0.39 is 104 Å². The molecule has 69 heavy (non-hydrogen) atoms. The van der Waals surface area contributed by atoms with Crippen LogP contribution >= 0.6 is 13.2 Å². The number of H-pyrrole nitrogens is 1. The van der Waals surface area contributed by atoms with E-state index in [1.54, 1.807) is 44.2 Å². The summed E-state index contributed by atoms with van der Waals surface area (Å²) >= 11 is 11.9. The standard InChI is InChI=1S/C41H41F2N11O11P2S2/c1-4-41-19-61-67(69,60-15-9-13-45)65-32-30(43)26(62-39(32)54-21-48-31-35(54)50-40(52-38(31)57)51-36(55)23(2)3)18-58-22-66(68,59-14-8-12-44)64-27(41)16-28(63-41)53-17-25(42)29-33(46-20-47-34(29)53)49-37(56)24-10-6-5-7-11-24/h1,5-7,10-11,17,20-21,23,26-28,30,32,39H,8-9,14-16,18-19,22H2,2-3H3,(H,46,47,49,56)(H2,50,51,52,55,57)/t26-,27+,28-,30-,32-,39-,41-,66?,67?/m1/s1. The number of nitrogens with one attached hydrogen (secondary N) is 3. The maximum atomic E-state index is 17.0. The number of hydrogen-bond acceptors (Lipinski definition) is 19. The van der Waals surface area contributed by atoms with Gasteiger partial charge in [0.2, 0.25) is 18.3 Å². The van der Waals surface area contributed by atoms with Crippen molar-refractivity contribution >= 4 is 82.6 Å². The second-order valence-corrected chi connectivity index (χ2v) is 22.4. The second kappa shape index (κ2) is 20.8. The number of carbonyl (C=O) groups excluding carboxylic acids is 2. The van der Waals surface area contributed by atoms with Gasteiger partial charge in [0, 0.05) is 24.1 Å². The summed E-state index contributed by atoms with van der Waals surface area (Å²) in [4.78, 5) is 58.3. The first-order valence-electron chi connectivity index (χ1n) is 21.0. The van der Waals surface area contributed by atoms with E-state index in [-0.39, 0.29) is 66.4 Å². The molecule has 2 bridgehead atoms. The molecular formula is C41H41F2N11O11P2S2. The molecule has 9 atom stereocenters. The molecule has 3 N–H and O–H groups in total. The number of benzene rings is 1. The third-order valence-corrected chi connectivity index (χ3v) is 15.8. The first-order valence-corrected chi connectivity index (χ1v) is 26.4. The summed E-state index contributed by atoms with van der Waals surface area (Å²) in [5.41, 5.74) is -2.79. The summed E-state index contributed by atoms with van der Waals surface area (Å²) in [7, 11) is 0. The molecule has 3 aliphatic rings. The number of aromatic nitrogens is 7. The molecule has 0 saturated carbocycles. The molecule has 1 aromatic carbocycles.